The van der Waals surface area contributed by atoms with Gasteiger partial charge in [-0.05, 0) is 86.4 Å². The van der Waals surface area contributed by atoms with Gasteiger partial charge in [0, 0.05) is 26.2 Å². The van der Waals surface area contributed by atoms with Crippen LogP contribution in [0.2, 0.25) is 72.5 Å². The summed E-state index contributed by atoms with van der Waals surface area (Å²) >= 11 is 0. The topological polar surface area (TPSA) is 96.1 Å². The Morgan fingerprint density at radius 2 is 1.11 bits per heavy atom. The molecule has 13 heteroatoms. The maximum atomic E-state index is 16.1. The van der Waals surface area contributed by atoms with E-state index in [9.17, 15) is 4.79 Å². The van der Waals surface area contributed by atoms with E-state index in [4.69, 9.17) is 27.3 Å². The molecule has 1 aliphatic rings. The van der Waals surface area contributed by atoms with Crippen LogP contribution in [0.15, 0.2) is 12.2 Å². The Hall–Kier alpha value is -0.492. The van der Waals surface area contributed by atoms with Gasteiger partial charge in [0.15, 0.2) is 33.3 Å². The largest absolute Gasteiger partial charge is 0.416 e. The summed E-state index contributed by atoms with van der Waals surface area (Å²) in [5.74, 6) is -1.72. The van der Waals surface area contributed by atoms with Crippen LogP contribution in [0.1, 0.15) is 110 Å². The number of carbonyl (C=O) groups is 2. The van der Waals surface area contributed by atoms with Crippen molar-refractivity contribution in [1.82, 2.24) is 5.06 Å². The van der Waals surface area contributed by atoms with Crippen molar-refractivity contribution in [1.29, 1.82) is 0 Å². The highest BCUT2D eigenvalue weighted by Crippen LogP contribution is 2.52. The molecule has 56 heavy (non-hydrogen) atoms. The standard InChI is InChI=1S/C43H89NO8Si4/c1-26-27-31(2)37-43(15,50-37)38(52-56(24,25)42(12,13)14)33(30-49-54(20,21)40(6,7)8)36(46)32(29-48-53(18,19)39(3,4)5)34(28-35(45)44(16)47-17)51-55(22,23)41(9,10)11/h26-27,31-34,37-38H,28-30H2,1-25H3/b27-26+/t31-,32+,33-,34-,37+,38-,43-/m0/s1. The van der Waals surface area contributed by atoms with E-state index in [1.165, 1.54) is 12.2 Å². The van der Waals surface area contributed by atoms with E-state index in [1.54, 1.807) is 7.05 Å². The summed E-state index contributed by atoms with van der Waals surface area (Å²) < 4.78 is 35.5. The number of rotatable bonds is 20. The second-order valence-corrected chi connectivity index (χ2v) is 42.0. The van der Waals surface area contributed by atoms with E-state index >= 15 is 4.79 Å². The quantitative estimate of drug-likeness (QED) is 0.0517. The Labute approximate surface area is 349 Å². The number of epoxide rings is 1. The van der Waals surface area contributed by atoms with Gasteiger partial charge in [0.1, 0.15) is 11.4 Å². The van der Waals surface area contributed by atoms with Gasteiger partial charge in [0.25, 0.3) is 0 Å². The lowest BCUT2D eigenvalue weighted by atomic mass is 9.79. The summed E-state index contributed by atoms with van der Waals surface area (Å²) in [6.45, 7) is 50.8. The Morgan fingerprint density at radius 1 is 0.714 bits per heavy atom. The first-order chi connectivity index (χ1) is 24.7. The highest BCUT2D eigenvalue weighted by Gasteiger charge is 2.65. The summed E-state index contributed by atoms with van der Waals surface area (Å²) in [5.41, 5.74) is -0.752. The summed E-state index contributed by atoms with van der Waals surface area (Å²) in [6, 6.07) is 0. The molecule has 0 N–H and O–H groups in total. The molecule has 0 radical (unpaired) electrons. The molecule has 7 atom stereocenters. The van der Waals surface area contributed by atoms with Crippen LogP contribution in [0.3, 0.4) is 0 Å². The molecule has 0 saturated carbocycles. The second kappa shape index (κ2) is 18.6. The van der Waals surface area contributed by atoms with Crippen LogP contribution >= 0.6 is 0 Å². The third-order valence-corrected chi connectivity index (χ3v) is 32.3. The molecule has 0 spiro atoms. The summed E-state index contributed by atoms with van der Waals surface area (Å²) in [5, 5.41) is 0.721. The predicted octanol–water partition coefficient (Wildman–Crippen LogP) is 11.4. The zero-order valence-corrected chi connectivity index (χ0v) is 45.0. The zero-order chi connectivity index (χ0) is 44.5. The maximum Gasteiger partial charge on any atom is 0.248 e. The first-order valence-corrected chi connectivity index (χ1v) is 32.7. The van der Waals surface area contributed by atoms with Crippen LogP contribution in [0, 0.1) is 17.8 Å². The second-order valence-electron chi connectivity index (χ2n) is 22.9. The van der Waals surface area contributed by atoms with Crippen molar-refractivity contribution in [2.24, 2.45) is 17.8 Å². The molecule has 0 aliphatic carbocycles. The minimum Gasteiger partial charge on any atom is -0.416 e. The van der Waals surface area contributed by atoms with E-state index in [0.717, 1.165) is 0 Å². The molecule has 0 aromatic rings. The minimum absolute atomic E-state index is 0.0353. The molecular weight excluding hydrogens is 771 g/mol. The lowest BCUT2D eigenvalue weighted by Gasteiger charge is -2.46. The fourth-order valence-electron chi connectivity index (χ4n) is 5.81. The van der Waals surface area contributed by atoms with Gasteiger partial charge in [-0.15, -0.1) is 0 Å². The molecule has 1 aliphatic heterocycles. The molecule has 0 aromatic heterocycles. The van der Waals surface area contributed by atoms with Crippen molar-refractivity contribution < 1.29 is 36.9 Å². The van der Waals surface area contributed by atoms with Gasteiger partial charge < -0.3 is 22.4 Å². The van der Waals surface area contributed by atoms with Crippen LogP contribution in [0.25, 0.3) is 0 Å². The van der Waals surface area contributed by atoms with Crippen molar-refractivity contribution in [3.05, 3.63) is 12.2 Å². The number of hydrogen-bond donors (Lipinski definition) is 0. The van der Waals surface area contributed by atoms with Crippen molar-refractivity contribution in [2.75, 3.05) is 27.4 Å². The smallest absolute Gasteiger partial charge is 0.248 e. The molecule has 330 valence electrons. The lowest BCUT2D eigenvalue weighted by Crippen LogP contribution is -2.57. The molecular formula is C43H89NO8Si4. The van der Waals surface area contributed by atoms with Gasteiger partial charge in [0.05, 0.1) is 43.7 Å². The van der Waals surface area contributed by atoms with Gasteiger partial charge >= 0.3 is 0 Å². The Kier molecular flexibility index (Phi) is 17.8. The third-order valence-electron chi connectivity index (χ3n) is 14.3. The van der Waals surface area contributed by atoms with Crippen molar-refractivity contribution >= 4 is 45.0 Å². The summed E-state index contributed by atoms with van der Waals surface area (Å²) in [7, 11) is -6.72. The average Bonchev–Trinajstić information content (AvgIpc) is 3.70. The molecule has 1 rings (SSSR count). The highest BCUT2D eigenvalue weighted by atomic mass is 28.4. The van der Waals surface area contributed by atoms with Gasteiger partial charge in [0.2, 0.25) is 5.91 Å². The molecule has 0 bridgehead atoms. The number of allylic oxidation sites excluding steroid dienone is 1. The molecule has 0 unspecified atom stereocenters. The van der Waals surface area contributed by atoms with E-state index in [2.05, 4.69) is 161 Å². The molecule has 1 heterocycles. The van der Waals surface area contributed by atoms with E-state index < -0.39 is 62.9 Å². The molecule has 1 fully saturated rings. The molecule has 0 aromatic carbocycles. The number of Topliss-reactive ketones (excluding diaryl/α,β-unsaturated/α-hetero) is 1. The number of ether oxygens (including phenoxy) is 1. The van der Waals surface area contributed by atoms with Crippen molar-refractivity contribution in [2.45, 2.75) is 207 Å². The van der Waals surface area contributed by atoms with Crippen LogP contribution in [-0.4, -0.2) is 101 Å². The molecule has 9 nitrogen and oxygen atoms in total. The number of hydroxylamine groups is 2. The first-order valence-electron chi connectivity index (χ1n) is 21.0. The zero-order valence-electron chi connectivity index (χ0n) is 41.0. The van der Waals surface area contributed by atoms with Crippen LogP contribution in [0.5, 0.6) is 0 Å². The number of carbonyl (C=O) groups excluding carboxylic acids is 2. The SMILES string of the molecule is C/C=C/[C@H](C)[C@H]1O[C@]1(C)[C@@H](O[Si](C)(C)C(C)(C)C)[C@@H](CO[Si](C)(C)C(C)(C)C)C(=O)[C@H](CO[Si](C)(C)C(C)(C)C)[C@H](CC(=O)N(C)OC)O[Si](C)(C)C(C)(C)C. The lowest BCUT2D eigenvalue weighted by molar-refractivity contribution is -0.171. The predicted molar refractivity (Wildman–Crippen MR) is 244 cm³/mol. The van der Waals surface area contributed by atoms with E-state index in [0.29, 0.717) is 0 Å². The monoisotopic (exact) mass is 860 g/mol. The number of ketones is 1. The van der Waals surface area contributed by atoms with Gasteiger partial charge in [-0.2, -0.15) is 0 Å². The van der Waals surface area contributed by atoms with Crippen molar-refractivity contribution in [3.8, 4) is 0 Å². The Bertz CT molecular complexity index is 1340. The Balaban J connectivity index is 4.32. The molecule has 1 amide bonds. The van der Waals surface area contributed by atoms with Crippen molar-refractivity contribution in [3.63, 3.8) is 0 Å². The van der Waals surface area contributed by atoms with Crippen LogP contribution in [-0.2, 0) is 36.9 Å². The fraction of sp³-hybridized carbons (Fsp3) is 0.907. The van der Waals surface area contributed by atoms with Crippen LogP contribution < -0.4 is 0 Å². The maximum absolute atomic E-state index is 16.1. The van der Waals surface area contributed by atoms with Gasteiger partial charge in [-0.1, -0.05) is 102 Å². The fourth-order valence-corrected chi connectivity index (χ4v) is 10.6. The van der Waals surface area contributed by atoms with E-state index in [1.807, 2.05) is 6.92 Å². The summed E-state index contributed by atoms with van der Waals surface area (Å²) in [4.78, 5) is 35.4. The third kappa shape index (κ3) is 13.3. The number of nitrogens with zero attached hydrogens (tertiary/aromatic N) is 1. The average molecular weight is 861 g/mol. The van der Waals surface area contributed by atoms with Gasteiger partial charge in [-0.25, -0.2) is 5.06 Å². The minimum atomic E-state index is -2.55. The highest BCUT2D eigenvalue weighted by molar-refractivity contribution is 6.75. The van der Waals surface area contributed by atoms with E-state index in [-0.39, 0.29) is 63.5 Å². The summed E-state index contributed by atoms with van der Waals surface area (Å²) in [6.07, 6.45) is 2.67. The number of amides is 1. The Morgan fingerprint density at radius 3 is 1.48 bits per heavy atom. The number of hydrogen-bond acceptors (Lipinski definition) is 8. The van der Waals surface area contributed by atoms with Crippen LogP contribution in [0.4, 0.5) is 0 Å². The normalized spacial score (nSPS) is 22.1. The first kappa shape index (κ1) is 53.5. The van der Waals surface area contributed by atoms with Gasteiger partial charge in [-0.3, -0.25) is 14.4 Å². The molecule has 1 saturated heterocycles.